The van der Waals surface area contributed by atoms with E-state index in [1.54, 1.807) is 11.3 Å². The molecule has 2 nitrogen and oxygen atoms in total. The van der Waals surface area contributed by atoms with Gasteiger partial charge in [-0.25, -0.2) is 0 Å². The Hall–Kier alpha value is -0.0300. The predicted molar refractivity (Wildman–Crippen MR) is 78.0 cm³/mol. The number of thiophene rings is 1. The largest absolute Gasteiger partial charge is 0.394 e. The van der Waals surface area contributed by atoms with Gasteiger partial charge in [0.05, 0.1) is 10.8 Å². The lowest BCUT2D eigenvalue weighted by Crippen LogP contribution is -2.49. The molecule has 1 unspecified atom stereocenters. The van der Waals surface area contributed by atoms with Gasteiger partial charge in [0.2, 0.25) is 0 Å². The molecule has 17 heavy (non-hydrogen) atoms. The molecule has 1 atom stereocenters. The van der Waals surface area contributed by atoms with Crippen LogP contribution in [0.25, 0.3) is 0 Å². The van der Waals surface area contributed by atoms with Crippen molar-refractivity contribution in [3.05, 3.63) is 17.5 Å². The molecule has 0 bridgehead atoms. The quantitative estimate of drug-likeness (QED) is 0.562. The zero-order valence-electron chi connectivity index (χ0n) is 10.9. The van der Waals surface area contributed by atoms with Crippen molar-refractivity contribution < 1.29 is 5.11 Å². The first kappa shape index (κ1) is 15.0. The summed E-state index contributed by atoms with van der Waals surface area (Å²) in [4.78, 5) is 0. The van der Waals surface area contributed by atoms with E-state index < -0.39 is 0 Å². The van der Waals surface area contributed by atoms with E-state index in [4.69, 9.17) is 0 Å². The van der Waals surface area contributed by atoms with Crippen LogP contribution in [0.1, 0.15) is 33.6 Å². The average Bonchev–Trinajstić information content (AvgIpc) is 2.76. The van der Waals surface area contributed by atoms with Gasteiger partial charge in [-0.05, 0) is 37.0 Å². The van der Waals surface area contributed by atoms with E-state index in [1.807, 2.05) is 11.8 Å². The van der Waals surface area contributed by atoms with Gasteiger partial charge >= 0.3 is 0 Å². The molecule has 0 saturated heterocycles. The zero-order valence-corrected chi connectivity index (χ0v) is 12.5. The fourth-order valence-electron chi connectivity index (χ4n) is 1.87. The molecule has 98 valence electrons. The Kier molecular flexibility index (Phi) is 6.55. The van der Waals surface area contributed by atoms with Crippen molar-refractivity contribution in [1.82, 2.24) is 5.32 Å². The Morgan fingerprint density at radius 1 is 1.53 bits per heavy atom. The fourth-order valence-corrected chi connectivity index (χ4v) is 3.68. The average molecular weight is 273 g/mol. The summed E-state index contributed by atoms with van der Waals surface area (Å²) in [6.45, 7) is 6.54. The minimum atomic E-state index is -0.135. The van der Waals surface area contributed by atoms with Crippen molar-refractivity contribution in [3.63, 3.8) is 0 Å². The SMILES string of the molecule is CC(C)NC(C)(CO)CCCSc1cccs1. The summed E-state index contributed by atoms with van der Waals surface area (Å²) in [7, 11) is 0. The molecule has 0 aromatic carbocycles. The summed E-state index contributed by atoms with van der Waals surface area (Å²) in [6.07, 6.45) is 2.14. The van der Waals surface area contributed by atoms with Gasteiger partial charge in [0.15, 0.2) is 0 Å². The molecule has 0 aliphatic heterocycles. The summed E-state index contributed by atoms with van der Waals surface area (Å²) in [5.41, 5.74) is -0.135. The van der Waals surface area contributed by atoms with Gasteiger partial charge in [-0.15, -0.1) is 23.1 Å². The lowest BCUT2D eigenvalue weighted by Gasteiger charge is -2.31. The molecular formula is C13H23NOS2. The van der Waals surface area contributed by atoms with Gasteiger partial charge < -0.3 is 10.4 Å². The number of rotatable bonds is 8. The minimum absolute atomic E-state index is 0.135. The highest BCUT2D eigenvalue weighted by molar-refractivity contribution is 8.01. The highest BCUT2D eigenvalue weighted by atomic mass is 32.2. The Morgan fingerprint density at radius 2 is 2.29 bits per heavy atom. The van der Waals surface area contributed by atoms with E-state index in [2.05, 4.69) is 43.6 Å². The summed E-state index contributed by atoms with van der Waals surface area (Å²) in [5, 5.41) is 15.0. The van der Waals surface area contributed by atoms with Crippen LogP contribution in [0.4, 0.5) is 0 Å². The fraction of sp³-hybridized carbons (Fsp3) is 0.692. The molecule has 0 amide bonds. The lowest BCUT2D eigenvalue weighted by atomic mass is 9.96. The summed E-state index contributed by atoms with van der Waals surface area (Å²) < 4.78 is 1.38. The smallest absolute Gasteiger partial charge is 0.0610 e. The van der Waals surface area contributed by atoms with Crippen molar-refractivity contribution in [2.45, 2.75) is 49.4 Å². The van der Waals surface area contributed by atoms with Gasteiger partial charge in [0, 0.05) is 11.6 Å². The van der Waals surface area contributed by atoms with Crippen molar-refractivity contribution in [3.8, 4) is 0 Å². The highest BCUT2D eigenvalue weighted by Crippen LogP contribution is 2.25. The summed E-state index contributed by atoms with van der Waals surface area (Å²) >= 11 is 3.70. The molecule has 1 heterocycles. The molecule has 0 fully saturated rings. The zero-order chi connectivity index (χ0) is 12.7. The van der Waals surface area contributed by atoms with Crippen LogP contribution in [-0.2, 0) is 0 Å². The number of nitrogens with one attached hydrogen (secondary N) is 1. The molecule has 1 aromatic rings. The van der Waals surface area contributed by atoms with Crippen LogP contribution < -0.4 is 5.32 Å². The Balaban J connectivity index is 2.23. The first-order chi connectivity index (χ1) is 8.06. The number of thioether (sulfide) groups is 1. The summed E-state index contributed by atoms with van der Waals surface area (Å²) in [5.74, 6) is 1.12. The molecule has 0 saturated carbocycles. The molecule has 2 N–H and O–H groups in total. The maximum atomic E-state index is 9.45. The van der Waals surface area contributed by atoms with Crippen LogP contribution in [0.2, 0.25) is 0 Å². The van der Waals surface area contributed by atoms with Gasteiger partial charge in [0.25, 0.3) is 0 Å². The van der Waals surface area contributed by atoms with Crippen molar-refractivity contribution in [1.29, 1.82) is 0 Å². The molecule has 0 radical (unpaired) electrons. The Labute approximate surface area is 113 Å². The monoisotopic (exact) mass is 273 g/mol. The highest BCUT2D eigenvalue weighted by Gasteiger charge is 2.22. The second-order valence-electron chi connectivity index (χ2n) is 4.90. The van der Waals surface area contributed by atoms with Crippen LogP contribution in [0.3, 0.4) is 0 Å². The summed E-state index contributed by atoms with van der Waals surface area (Å²) in [6, 6.07) is 4.66. The second kappa shape index (κ2) is 7.41. The molecule has 0 spiro atoms. The van der Waals surface area contributed by atoms with Crippen molar-refractivity contribution in [2.24, 2.45) is 0 Å². The van der Waals surface area contributed by atoms with Crippen molar-refractivity contribution in [2.75, 3.05) is 12.4 Å². The minimum Gasteiger partial charge on any atom is -0.394 e. The topological polar surface area (TPSA) is 32.3 Å². The second-order valence-corrected chi connectivity index (χ2v) is 7.24. The van der Waals surface area contributed by atoms with E-state index in [9.17, 15) is 5.11 Å². The normalized spacial score (nSPS) is 15.1. The maximum Gasteiger partial charge on any atom is 0.0610 e. The van der Waals surface area contributed by atoms with Crippen LogP contribution in [0, 0.1) is 0 Å². The number of hydrogen-bond acceptors (Lipinski definition) is 4. The van der Waals surface area contributed by atoms with Gasteiger partial charge in [0.1, 0.15) is 0 Å². The number of hydrogen-bond donors (Lipinski definition) is 2. The Bertz CT molecular complexity index is 300. The van der Waals surface area contributed by atoms with E-state index in [0.717, 1.165) is 18.6 Å². The number of aliphatic hydroxyl groups is 1. The van der Waals surface area contributed by atoms with Gasteiger partial charge in [-0.2, -0.15) is 0 Å². The maximum absolute atomic E-state index is 9.45. The van der Waals surface area contributed by atoms with E-state index in [0.29, 0.717) is 6.04 Å². The lowest BCUT2D eigenvalue weighted by molar-refractivity contribution is 0.156. The molecule has 1 rings (SSSR count). The third-order valence-corrected chi connectivity index (χ3v) is 4.82. The van der Waals surface area contributed by atoms with E-state index in [1.165, 1.54) is 4.21 Å². The van der Waals surface area contributed by atoms with Crippen LogP contribution in [0.15, 0.2) is 21.7 Å². The standard InChI is InChI=1S/C13H23NOS2/c1-11(2)14-13(3,10-15)7-5-9-17-12-6-4-8-16-12/h4,6,8,11,14-15H,5,7,9-10H2,1-3H3. The van der Waals surface area contributed by atoms with Crippen molar-refractivity contribution >= 4 is 23.1 Å². The first-order valence-corrected chi connectivity index (χ1v) is 7.97. The Morgan fingerprint density at radius 3 is 2.82 bits per heavy atom. The van der Waals surface area contributed by atoms with Crippen LogP contribution in [-0.4, -0.2) is 29.0 Å². The molecule has 0 aliphatic carbocycles. The third-order valence-electron chi connectivity index (χ3n) is 2.60. The van der Waals surface area contributed by atoms with Crippen LogP contribution in [0.5, 0.6) is 0 Å². The third kappa shape index (κ3) is 5.91. The molecule has 0 aliphatic rings. The van der Waals surface area contributed by atoms with E-state index in [-0.39, 0.29) is 12.1 Å². The molecule has 4 heteroatoms. The number of aliphatic hydroxyl groups excluding tert-OH is 1. The van der Waals surface area contributed by atoms with E-state index >= 15 is 0 Å². The van der Waals surface area contributed by atoms with Gasteiger partial charge in [-0.1, -0.05) is 19.9 Å². The van der Waals surface area contributed by atoms with Crippen LogP contribution >= 0.6 is 23.1 Å². The first-order valence-electron chi connectivity index (χ1n) is 6.10. The van der Waals surface area contributed by atoms with Gasteiger partial charge in [-0.3, -0.25) is 0 Å². The molecule has 1 aromatic heterocycles. The predicted octanol–water partition coefficient (Wildman–Crippen LogP) is 3.37. The molecular weight excluding hydrogens is 250 g/mol.